The van der Waals surface area contributed by atoms with Gasteiger partial charge in [0, 0.05) is 23.2 Å². The average Bonchev–Trinajstić information content (AvgIpc) is 3.50. The van der Waals surface area contributed by atoms with Gasteiger partial charge >= 0.3 is 0 Å². The second-order valence-electron chi connectivity index (χ2n) is 8.88. The lowest BCUT2D eigenvalue weighted by Gasteiger charge is -2.19. The molecule has 1 unspecified atom stereocenters. The molecule has 0 amide bonds. The Morgan fingerprint density at radius 2 is 1.57 bits per heavy atom. The number of benzene rings is 4. The second kappa shape index (κ2) is 8.69. The molecule has 1 atom stereocenters. The van der Waals surface area contributed by atoms with Gasteiger partial charge in [0.25, 0.3) is 0 Å². The van der Waals surface area contributed by atoms with Crippen molar-refractivity contribution in [2.75, 3.05) is 0 Å². The fourth-order valence-corrected chi connectivity index (χ4v) is 4.86. The highest BCUT2D eigenvalue weighted by molar-refractivity contribution is 5.94. The van der Waals surface area contributed by atoms with Crippen LogP contribution in [0.2, 0.25) is 0 Å². The molecule has 170 valence electrons. The van der Waals surface area contributed by atoms with Gasteiger partial charge in [0.15, 0.2) is 0 Å². The van der Waals surface area contributed by atoms with E-state index >= 15 is 0 Å². The standard InChI is InChI=1S/C30H24N4O/c1-20-15-17-21(18-16-20)24(19-28(35)34-27-14-8-7-13-26(27)32-33-34)29-23-11-5-6-12-25(23)31-30(29)22-9-3-2-4-10-22/h2-18,24,31H,19H2,1H3. The summed E-state index contributed by atoms with van der Waals surface area (Å²) in [4.78, 5) is 17.3. The van der Waals surface area contributed by atoms with Crippen LogP contribution in [0.5, 0.6) is 0 Å². The fourth-order valence-electron chi connectivity index (χ4n) is 4.86. The molecule has 6 rings (SSSR count). The third kappa shape index (κ3) is 3.81. The molecule has 2 heterocycles. The molecule has 0 aliphatic rings. The molecule has 5 heteroatoms. The third-order valence-electron chi connectivity index (χ3n) is 6.60. The van der Waals surface area contributed by atoms with Crippen LogP contribution in [0, 0.1) is 6.92 Å². The number of nitrogens with zero attached hydrogens (tertiary/aromatic N) is 3. The van der Waals surface area contributed by atoms with Crippen LogP contribution in [0.3, 0.4) is 0 Å². The molecule has 1 N–H and O–H groups in total. The summed E-state index contributed by atoms with van der Waals surface area (Å²) in [5, 5.41) is 9.50. The summed E-state index contributed by atoms with van der Waals surface area (Å²) < 4.78 is 1.44. The molecule has 0 aliphatic heterocycles. The van der Waals surface area contributed by atoms with E-state index in [-0.39, 0.29) is 18.2 Å². The largest absolute Gasteiger partial charge is 0.354 e. The van der Waals surface area contributed by atoms with Crippen molar-refractivity contribution in [3.63, 3.8) is 0 Å². The summed E-state index contributed by atoms with van der Waals surface area (Å²) in [5.41, 5.74) is 8.01. The molecular formula is C30H24N4O. The van der Waals surface area contributed by atoms with Gasteiger partial charge in [-0.2, -0.15) is 4.68 Å². The van der Waals surface area contributed by atoms with Crippen molar-refractivity contribution in [1.29, 1.82) is 0 Å². The Labute approximate surface area is 203 Å². The van der Waals surface area contributed by atoms with Crippen LogP contribution in [0.1, 0.15) is 33.8 Å². The normalized spacial score (nSPS) is 12.3. The first kappa shape index (κ1) is 21.1. The van der Waals surface area contributed by atoms with E-state index < -0.39 is 0 Å². The van der Waals surface area contributed by atoms with Gasteiger partial charge in [0.05, 0.1) is 11.2 Å². The average molecular weight is 457 g/mol. The van der Waals surface area contributed by atoms with Crippen LogP contribution < -0.4 is 0 Å². The third-order valence-corrected chi connectivity index (χ3v) is 6.60. The van der Waals surface area contributed by atoms with Crippen LogP contribution >= 0.6 is 0 Å². The van der Waals surface area contributed by atoms with E-state index in [9.17, 15) is 4.79 Å². The second-order valence-corrected chi connectivity index (χ2v) is 8.88. The molecule has 0 bridgehead atoms. The molecule has 0 spiro atoms. The number of hydrogen-bond acceptors (Lipinski definition) is 3. The number of para-hydroxylation sites is 2. The maximum Gasteiger partial charge on any atom is 0.249 e. The van der Waals surface area contributed by atoms with E-state index in [1.54, 1.807) is 0 Å². The van der Waals surface area contributed by atoms with Gasteiger partial charge in [0.2, 0.25) is 5.91 Å². The monoisotopic (exact) mass is 456 g/mol. The number of H-pyrrole nitrogens is 1. The fraction of sp³-hybridized carbons (Fsp3) is 0.100. The molecule has 0 saturated heterocycles. The number of aryl methyl sites for hydroxylation is 1. The first-order valence-corrected chi connectivity index (χ1v) is 11.8. The van der Waals surface area contributed by atoms with E-state index in [0.29, 0.717) is 5.52 Å². The van der Waals surface area contributed by atoms with Crippen molar-refractivity contribution in [2.45, 2.75) is 19.3 Å². The molecule has 6 aromatic rings. The molecule has 0 aliphatic carbocycles. The molecule has 0 radical (unpaired) electrons. The number of carbonyl (C=O) groups excluding carboxylic acids is 1. The number of aromatic amines is 1. The van der Waals surface area contributed by atoms with Gasteiger partial charge in [0.1, 0.15) is 5.52 Å². The van der Waals surface area contributed by atoms with Gasteiger partial charge in [-0.05, 0) is 41.8 Å². The summed E-state index contributed by atoms with van der Waals surface area (Å²) in [6.45, 7) is 2.08. The smallest absolute Gasteiger partial charge is 0.249 e. The topological polar surface area (TPSA) is 63.6 Å². The molecule has 4 aromatic carbocycles. The van der Waals surface area contributed by atoms with E-state index in [1.165, 1.54) is 10.2 Å². The minimum absolute atomic E-state index is 0.0893. The zero-order valence-electron chi connectivity index (χ0n) is 19.3. The highest BCUT2D eigenvalue weighted by atomic mass is 16.2. The van der Waals surface area contributed by atoms with Crippen molar-refractivity contribution in [3.8, 4) is 11.3 Å². The zero-order chi connectivity index (χ0) is 23.8. The van der Waals surface area contributed by atoms with Crippen molar-refractivity contribution >= 4 is 27.8 Å². The van der Waals surface area contributed by atoms with Gasteiger partial charge in [-0.15, -0.1) is 5.10 Å². The van der Waals surface area contributed by atoms with E-state index in [1.807, 2.05) is 54.6 Å². The molecule has 0 saturated carbocycles. The predicted octanol–water partition coefficient (Wildman–Crippen LogP) is 6.75. The van der Waals surface area contributed by atoms with Crippen molar-refractivity contribution < 1.29 is 4.79 Å². The van der Waals surface area contributed by atoms with Gasteiger partial charge in [-0.25, -0.2) is 0 Å². The summed E-state index contributed by atoms with van der Waals surface area (Å²) >= 11 is 0. The first-order valence-electron chi connectivity index (χ1n) is 11.8. The van der Waals surface area contributed by atoms with Crippen molar-refractivity contribution in [1.82, 2.24) is 20.0 Å². The minimum Gasteiger partial charge on any atom is -0.354 e. The number of nitrogens with one attached hydrogen (secondary N) is 1. The number of carbonyl (C=O) groups is 1. The first-order chi connectivity index (χ1) is 17.2. The molecular weight excluding hydrogens is 432 g/mol. The van der Waals surface area contributed by atoms with Crippen LogP contribution in [0.25, 0.3) is 33.2 Å². The molecule has 0 fully saturated rings. The van der Waals surface area contributed by atoms with Gasteiger partial charge < -0.3 is 4.98 Å². The summed E-state index contributed by atoms with van der Waals surface area (Å²) in [7, 11) is 0. The van der Waals surface area contributed by atoms with Crippen LogP contribution in [0.4, 0.5) is 0 Å². The lowest BCUT2D eigenvalue weighted by molar-refractivity contribution is 0.0885. The van der Waals surface area contributed by atoms with Crippen LogP contribution in [0.15, 0.2) is 103 Å². The van der Waals surface area contributed by atoms with Gasteiger partial charge in [-0.1, -0.05) is 95.7 Å². The van der Waals surface area contributed by atoms with Crippen molar-refractivity contribution in [3.05, 3.63) is 120 Å². The minimum atomic E-state index is -0.169. The van der Waals surface area contributed by atoms with E-state index in [4.69, 9.17) is 0 Å². The zero-order valence-corrected chi connectivity index (χ0v) is 19.3. The number of hydrogen-bond donors (Lipinski definition) is 1. The van der Waals surface area contributed by atoms with Gasteiger partial charge in [-0.3, -0.25) is 4.79 Å². The summed E-state index contributed by atoms with van der Waals surface area (Å²) in [5.74, 6) is -0.258. The van der Waals surface area contributed by atoms with Crippen LogP contribution in [-0.4, -0.2) is 25.9 Å². The number of rotatable bonds is 5. The number of aromatic nitrogens is 4. The maximum absolute atomic E-state index is 13.7. The molecule has 35 heavy (non-hydrogen) atoms. The van der Waals surface area contributed by atoms with E-state index in [0.717, 1.165) is 38.8 Å². The number of fused-ring (bicyclic) bond motifs is 2. The molecule has 5 nitrogen and oxygen atoms in total. The Kier molecular flexibility index (Phi) is 5.23. The highest BCUT2D eigenvalue weighted by Gasteiger charge is 2.27. The Morgan fingerprint density at radius 3 is 2.40 bits per heavy atom. The predicted molar refractivity (Wildman–Crippen MR) is 140 cm³/mol. The Bertz CT molecular complexity index is 1650. The lowest BCUT2D eigenvalue weighted by Crippen LogP contribution is -2.17. The summed E-state index contributed by atoms with van der Waals surface area (Å²) in [6, 6.07) is 34.6. The van der Waals surface area contributed by atoms with Crippen LogP contribution in [-0.2, 0) is 0 Å². The molecule has 2 aromatic heterocycles. The maximum atomic E-state index is 13.7. The lowest BCUT2D eigenvalue weighted by atomic mass is 9.84. The highest BCUT2D eigenvalue weighted by Crippen LogP contribution is 2.40. The Balaban J connectivity index is 1.54. The summed E-state index contributed by atoms with van der Waals surface area (Å²) in [6.07, 6.45) is 0.262. The van der Waals surface area contributed by atoms with Crippen molar-refractivity contribution in [2.24, 2.45) is 0 Å². The van der Waals surface area contributed by atoms with E-state index in [2.05, 4.69) is 70.8 Å². The quantitative estimate of drug-likeness (QED) is 0.312. The SMILES string of the molecule is Cc1ccc(C(CC(=O)n2nnc3ccccc32)c2c(-c3ccccc3)[nH]c3ccccc23)cc1. The Hall–Kier alpha value is -4.51. The Morgan fingerprint density at radius 1 is 0.857 bits per heavy atom.